The zero-order valence-electron chi connectivity index (χ0n) is 8.99. The molecule has 1 aromatic rings. The van der Waals surface area contributed by atoms with Gasteiger partial charge in [0.1, 0.15) is 0 Å². The van der Waals surface area contributed by atoms with E-state index >= 15 is 0 Å². The van der Waals surface area contributed by atoms with Gasteiger partial charge < -0.3 is 0 Å². The van der Waals surface area contributed by atoms with Gasteiger partial charge in [-0.3, -0.25) is 4.79 Å². The molecule has 1 saturated carbocycles. The minimum Gasteiger partial charge on any atom is -0.290 e. The lowest BCUT2D eigenvalue weighted by Crippen LogP contribution is -2.17. The van der Waals surface area contributed by atoms with Gasteiger partial charge in [-0.25, -0.2) is 0 Å². The van der Waals surface area contributed by atoms with Crippen molar-refractivity contribution in [1.29, 1.82) is 0 Å². The van der Waals surface area contributed by atoms with Crippen molar-refractivity contribution in [1.82, 2.24) is 0 Å². The first kappa shape index (κ1) is 10.4. The molecular weight excluding hydrogens is 184 g/mol. The van der Waals surface area contributed by atoms with Crippen molar-refractivity contribution in [2.45, 2.75) is 38.0 Å². The Morgan fingerprint density at radius 1 is 1.07 bits per heavy atom. The number of carbonyl (C=O) groups excluding carboxylic acids is 1. The summed E-state index contributed by atoms with van der Waals surface area (Å²) in [5.41, 5.74) is 1.14. The average molecular weight is 201 g/mol. The van der Waals surface area contributed by atoms with Crippen LogP contribution in [0.1, 0.15) is 43.6 Å². The lowest BCUT2D eigenvalue weighted by molar-refractivity contribution is 0.335. The summed E-state index contributed by atoms with van der Waals surface area (Å²) in [7, 11) is 0. The number of hydrogen-bond acceptors (Lipinski definition) is 1. The molecule has 1 heteroatoms. The number of benzene rings is 1. The molecule has 0 spiro atoms. The molecule has 0 bridgehead atoms. The molecule has 1 unspecified atom stereocenters. The Morgan fingerprint density at radius 3 is 2.33 bits per heavy atom. The highest BCUT2D eigenvalue weighted by molar-refractivity contribution is 5.63. The SMILES string of the molecule is O=[C]C(c1ccccc1)C1CCCCC1. The van der Waals surface area contributed by atoms with Crippen LogP contribution in [0.2, 0.25) is 0 Å². The molecule has 0 amide bonds. The van der Waals surface area contributed by atoms with Crippen LogP contribution in [0.15, 0.2) is 30.3 Å². The highest BCUT2D eigenvalue weighted by atomic mass is 16.1. The van der Waals surface area contributed by atoms with Crippen molar-refractivity contribution in [3.63, 3.8) is 0 Å². The van der Waals surface area contributed by atoms with Crippen LogP contribution in [0.3, 0.4) is 0 Å². The first-order valence-electron chi connectivity index (χ1n) is 5.84. The van der Waals surface area contributed by atoms with E-state index in [-0.39, 0.29) is 5.92 Å². The zero-order valence-corrected chi connectivity index (χ0v) is 8.99. The first-order chi connectivity index (χ1) is 7.42. The van der Waals surface area contributed by atoms with Gasteiger partial charge in [-0.05, 0) is 24.3 Å². The molecule has 2 rings (SSSR count). The number of rotatable bonds is 3. The van der Waals surface area contributed by atoms with Crippen LogP contribution in [-0.2, 0) is 4.79 Å². The van der Waals surface area contributed by atoms with Gasteiger partial charge in [-0.2, -0.15) is 0 Å². The van der Waals surface area contributed by atoms with E-state index in [0.29, 0.717) is 5.92 Å². The molecule has 1 atom stereocenters. The van der Waals surface area contributed by atoms with Crippen molar-refractivity contribution in [3.8, 4) is 0 Å². The van der Waals surface area contributed by atoms with Gasteiger partial charge in [0, 0.05) is 0 Å². The number of hydrogen-bond donors (Lipinski definition) is 0. The summed E-state index contributed by atoms with van der Waals surface area (Å²) >= 11 is 0. The monoisotopic (exact) mass is 201 g/mol. The predicted molar refractivity (Wildman–Crippen MR) is 61.5 cm³/mol. The topological polar surface area (TPSA) is 17.1 Å². The highest BCUT2D eigenvalue weighted by Crippen LogP contribution is 2.34. The van der Waals surface area contributed by atoms with Crippen LogP contribution >= 0.6 is 0 Å². The molecule has 1 aliphatic rings. The fraction of sp³-hybridized carbons (Fsp3) is 0.500. The molecule has 0 aliphatic heterocycles. The van der Waals surface area contributed by atoms with Gasteiger partial charge in [0.2, 0.25) is 6.29 Å². The Hall–Kier alpha value is -1.11. The second kappa shape index (κ2) is 5.11. The summed E-state index contributed by atoms with van der Waals surface area (Å²) in [6.07, 6.45) is 8.49. The molecule has 0 aromatic heterocycles. The van der Waals surface area contributed by atoms with Gasteiger partial charge >= 0.3 is 0 Å². The maximum absolute atomic E-state index is 11.1. The molecule has 0 N–H and O–H groups in total. The average Bonchev–Trinajstić information content (AvgIpc) is 2.33. The zero-order chi connectivity index (χ0) is 10.5. The molecule has 1 aromatic carbocycles. The van der Waals surface area contributed by atoms with E-state index in [9.17, 15) is 4.79 Å². The van der Waals surface area contributed by atoms with Crippen LogP contribution in [0.4, 0.5) is 0 Å². The summed E-state index contributed by atoms with van der Waals surface area (Å²) < 4.78 is 0. The predicted octanol–water partition coefficient (Wildman–Crippen LogP) is 3.46. The lowest BCUT2D eigenvalue weighted by Gasteiger charge is -2.26. The Labute approximate surface area is 91.5 Å². The molecule has 0 saturated heterocycles. The third-order valence-electron chi connectivity index (χ3n) is 3.41. The van der Waals surface area contributed by atoms with E-state index in [2.05, 4.69) is 6.29 Å². The third-order valence-corrected chi connectivity index (χ3v) is 3.41. The van der Waals surface area contributed by atoms with E-state index in [1.165, 1.54) is 32.1 Å². The summed E-state index contributed by atoms with van der Waals surface area (Å²) in [4.78, 5) is 11.1. The van der Waals surface area contributed by atoms with Crippen molar-refractivity contribution in [2.24, 2.45) is 5.92 Å². The van der Waals surface area contributed by atoms with Crippen LogP contribution in [-0.4, -0.2) is 6.29 Å². The van der Waals surface area contributed by atoms with Gasteiger partial charge in [0.05, 0.1) is 5.92 Å². The Morgan fingerprint density at radius 2 is 1.73 bits per heavy atom. The standard InChI is InChI=1S/C14H17O/c15-11-14(12-7-3-1-4-8-12)13-9-5-2-6-10-13/h1,3-4,7-8,13-14H,2,5-6,9-10H2. The van der Waals surface area contributed by atoms with Crippen LogP contribution < -0.4 is 0 Å². The molecule has 79 valence electrons. The smallest absolute Gasteiger partial charge is 0.206 e. The highest BCUT2D eigenvalue weighted by Gasteiger charge is 2.24. The van der Waals surface area contributed by atoms with Crippen molar-refractivity contribution < 1.29 is 4.79 Å². The van der Waals surface area contributed by atoms with Gasteiger partial charge in [0.25, 0.3) is 0 Å². The summed E-state index contributed by atoms with van der Waals surface area (Å²) in [5, 5.41) is 0. The Bertz CT molecular complexity index is 298. The van der Waals surface area contributed by atoms with E-state index in [1.54, 1.807) is 0 Å². The fourth-order valence-electron chi connectivity index (χ4n) is 2.56. The second-order valence-electron chi connectivity index (χ2n) is 4.40. The Balaban J connectivity index is 2.12. The maximum atomic E-state index is 11.1. The lowest BCUT2D eigenvalue weighted by atomic mass is 9.77. The molecule has 1 aliphatic carbocycles. The molecule has 0 heterocycles. The quantitative estimate of drug-likeness (QED) is 0.732. The van der Waals surface area contributed by atoms with E-state index in [0.717, 1.165) is 5.56 Å². The van der Waals surface area contributed by atoms with Crippen molar-refractivity contribution in [3.05, 3.63) is 35.9 Å². The van der Waals surface area contributed by atoms with E-state index in [1.807, 2.05) is 30.3 Å². The van der Waals surface area contributed by atoms with E-state index in [4.69, 9.17) is 0 Å². The molecular formula is C14H17O. The van der Waals surface area contributed by atoms with Crippen LogP contribution in [0.25, 0.3) is 0 Å². The molecule has 15 heavy (non-hydrogen) atoms. The van der Waals surface area contributed by atoms with Crippen LogP contribution in [0.5, 0.6) is 0 Å². The summed E-state index contributed by atoms with van der Waals surface area (Å²) in [6.45, 7) is 0. The van der Waals surface area contributed by atoms with Crippen molar-refractivity contribution in [2.75, 3.05) is 0 Å². The summed E-state index contributed by atoms with van der Waals surface area (Å²) in [6, 6.07) is 10.1. The van der Waals surface area contributed by atoms with Crippen LogP contribution in [0, 0.1) is 5.92 Å². The molecule has 1 nitrogen and oxygen atoms in total. The van der Waals surface area contributed by atoms with Gasteiger partial charge in [0.15, 0.2) is 0 Å². The second-order valence-corrected chi connectivity index (χ2v) is 4.40. The minimum absolute atomic E-state index is 0.00602. The largest absolute Gasteiger partial charge is 0.290 e. The minimum atomic E-state index is 0.00602. The van der Waals surface area contributed by atoms with Gasteiger partial charge in [-0.15, -0.1) is 0 Å². The van der Waals surface area contributed by atoms with Gasteiger partial charge in [-0.1, -0.05) is 49.6 Å². The summed E-state index contributed by atoms with van der Waals surface area (Å²) in [5.74, 6) is 0.533. The first-order valence-corrected chi connectivity index (χ1v) is 5.84. The van der Waals surface area contributed by atoms with E-state index < -0.39 is 0 Å². The third kappa shape index (κ3) is 2.47. The molecule has 1 radical (unpaired) electrons. The van der Waals surface area contributed by atoms with Crippen molar-refractivity contribution >= 4 is 6.29 Å². The maximum Gasteiger partial charge on any atom is 0.206 e. The Kier molecular flexibility index (Phi) is 3.54. The fourth-order valence-corrected chi connectivity index (χ4v) is 2.56. The normalized spacial score (nSPS) is 19.7. The molecule has 1 fully saturated rings.